The summed E-state index contributed by atoms with van der Waals surface area (Å²) in [5, 5.41) is 3.30. The van der Waals surface area contributed by atoms with Crippen LogP contribution in [-0.4, -0.2) is 23.5 Å². The fourth-order valence-corrected chi connectivity index (χ4v) is 3.83. The summed E-state index contributed by atoms with van der Waals surface area (Å²) in [6.07, 6.45) is 4.99. The van der Waals surface area contributed by atoms with Crippen LogP contribution < -0.4 is 21.7 Å². The Hall–Kier alpha value is -2.28. The topological polar surface area (TPSA) is 109 Å². The number of rotatable bonds is 3. The van der Waals surface area contributed by atoms with Gasteiger partial charge in [-0.1, -0.05) is 24.1 Å². The number of nitrogens with zero attached hydrogens (tertiary/aromatic N) is 3. The molecule has 1 spiro atoms. The molecule has 1 aliphatic heterocycles. The first-order chi connectivity index (χ1) is 11.9. The van der Waals surface area contributed by atoms with Crippen molar-refractivity contribution >= 4 is 35.1 Å². The zero-order valence-electron chi connectivity index (χ0n) is 14.3. The van der Waals surface area contributed by atoms with Crippen molar-refractivity contribution in [3.8, 4) is 0 Å². The molecule has 25 heavy (non-hydrogen) atoms. The lowest BCUT2D eigenvalue weighted by Gasteiger charge is -2.45. The molecule has 0 radical (unpaired) electrons. The minimum Gasteiger partial charge on any atom is -0.369 e. The van der Waals surface area contributed by atoms with Crippen LogP contribution in [-0.2, 0) is 11.3 Å². The second-order valence-electron chi connectivity index (χ2n) is 6.51. The zero-order chi connectivity index (χ0) is 18.0. The average Bonchev–Trinajstić information content (AvgIpc) is 2.54. The second-order valence-corrected chi connectivity index (χ2v) is 6.92. The van der Waals surface area contributed by atoms with E-state index >= 15 is 0 Å². The van der Waals surface area contributed by atoms with Gasteiger partial charge in [0.05, 0.1) is 10.7 Å². The highest BCUT2D eigenvalue weighted by atomic mass is 35.5. The smallest absolute Gasteiger partial charge is 0.220 e. The van der Waals surface area contributed by atoms with Crippen LogP contribution in [0.2, 0.25) is 5.02 Å². The molecule has 1 aromatic rings. The van der Waals surface area contributed by atoms with Crippen molar-refractivity contribution in [3.63, 3.8) is 0 Å². The molecule has 0 unspecified atom stereocenters. The van der Waals surface area contributed by atoms with Crippen LogP contribution >= 0.6 is 11.6 Å². The molecule has 5 N–H and O–H groups in total. The number of hydrogen-bond acceptors (Lipinski definition) is 6. The van der Waals surface area contributed by atoms with E-state index in [4.69, 9.17) is 23.1 Å². The highest BCUT2D eigenvalue weighted by Crippen LogP contribution is 2.41. The molecule has 2 aliphatic rings. The number of nitrogens with one attached hydrogen (secondary N) is 1. The summed E-state index contributed by atoms with van der Waals surface area (Å²) in [6.45, 7) is 1.91. The van der Waals surface area contributed by atoms with E-state index in [-0.39, 0.29) is 11.9 Å². The van der Waals surface area contributed by atoms with E-state index in [1.165, 1.54) is 13.3 Å². The highest BCUT2D eigenvalue weighted by molar-refractivity contribution is 6.34. The number of guanidine groups is 2. The SMILES string of the molecule is CC(=O)NCc1ccc(N2C(N)=NC(N)=NC23CCCCC3)c(Cl)c1. The number of aliphatic imine (C=N–C) groups is 2. The van der Waals surface area contributed by atoms with Crippen molar-refractivity contribution in [3.05, 3.63) is 28.8 Å². The Bertz CT molecular complexity index is 739. The van der Waals surface area contributed by atoms with Gasteiger partial charge in [0.15, 0.2) is 0 Å². The summed E-state index contributed by atoms with van der Waals surface area (Å²) in [5.74, 6) is 0.443. The number of halogens is 1. The van der Waals surface area contributed by atoms with Crippen molar-refractivity contribution < 1.29 is 4.79 Å². The van der Waals surface area contributed by atoms with Gasteiger partial charge < -0.3 is 16.8 Å². The van der Waals surface area contributed by atoms with E-state index in [0.29, 0.717) is 17.5 Å². The van der Waals surface area contributed by atoms with Crippen LogP contribution in [0.5, 0.6) is 0 Å². The summed E-state index contributed by atoms with van der Waals surface area (Å²) in [5.41, 5.74) is 13.2. The quantitative estimate of drug-likeness (QED) is 0.764. The molecule has 1 amide bonds. The maximum atomic E-state index is 11.1. The molecule has 8 heteroatoms. The molecule has 1 aliphatic carbocycles. The van der Waals surface area contributed by atoms with E-state index in [2.05, 4.69) is 15.3 Å². The third-order valence-corrected chi connectivity index (χ3v) is 4.95. The standard InChI is InChI=1S/C17H23ClN6O/c1-11(25)21-10-12-5-6-14(13(18)9-12)24-16(20)22-15(19)23-17(24)7-3-2-4-8-17/h5-6,9H,2-4,7-8,10H2,1H3,(H,21,25)(H4,19,20,22,23). The van der Waals surface area contributed by atoms with Gasteiger partial charge in [-0.2, -0.15) is 4.99 Å². The van der Waals surface area contributed by atoms with E-state index in [9.17, 15) is 4.79 Å². The lowest BCUT2D eigenvalue weighted by molar-refractivity contribution is -0.119. The average molecular weight is 363 g/mol. The molecule has 0 aromatic heterocycles. The Labute approximate surface area is 152 Å². The van der Waals surface area contributed by atoms with E-state index in [1.807, 2.05) is 23.1 Å². The lowest BCUT2D eigenvalue weighted by Crippen LogP contribution is -2.58. The van der Waals surface area contributed by atoms with Gasteiger partial charge in [0.2, 0.25) is 17.8 Å². The minimum absolute atomic E-state index is 0.0846. The molecule has 1 aromatic carbocycles. The Morgan fingerprint density at radius 3 is 2.68 bits per heavy atom. The number of amides is 1. The number of nitrogens with two attached hydrogens (primary N) is 2. The number of hydrogen-bond donors (Lipinski definition) is 3. The van der Waals surface area contributed by atoms with Crippen LogP contribution in [0.25, 0.3) is 0 Å². The molecule has 1 heterocycles. The van der Waals surface area contributed by atoms with E-state index in [1.54, 1.807) is 0 Å². The van der Waals surface area contributed by atoms with Gasteiger partial charge in [0.1, 0.15) is 5.66 Å². The third-order valence-electron chi connectivity index (χ3n) is 4.65. The predicted molar refractivity (Wildman–Crippen MR) is 101 cm³/mol. The number of anilines is 1. The summed E-state index contributed by atoms with van der Waals surface area (Å²) in [7, 11) is 0. The normalized spacial score (nSPS) is 19.4. The Kier molecular flexibility index (Phi) is 4.85. The largest absolute Gasteiger partial charge is 0.369 e. The first kappa shape index (κ1) is 17.5. The van der Waals surface area contributed by atoms with E-state index < -0.39 is 5.66 Å². The zero-order valence-corrected chi connectivity index (χ0v) is 15.0. The third kappa shape index (κ3) is 3.56. The van der Waals surface area contributed by atoms with Gasteiger partial charge in [0.25, 0.3) is 0 Å². The lowest BCUT2D eigenvalue weighted by atomic mass is 9.87. The fraction of sp³-hybridized carbons (Fsp3) is 0.471. The Morgan fingerprint density at radius 1 is 1.32 bits per heavy atom. The molecule has 7 nitrogen and oxygen atoms in total. The summed E-state index contributed by atoms with van der Waals surface area (Å²) in [6, 6.07) is 5.65. The number of carbonyl (C=O) groups excluding carboxylic acids is 1. The summed E-state index contributed by atoms with van der Waals surface area (Å²) >= 11 is 6.54. The Balaban J connectivity index is 1.95. The molecule has 0 atom stereocenters. The van der Waals surface area contributed by atoms with Gasteiger partial charge >= 0.3 is 0 Å². The van der Waals surface area contributed by atoms with Crippen molar-refractivity contribution in [2.24, 2.45) is 21.5 Å². The van der Waals surface area contributed by atoms with Gasteiger partial charge in [-0.25, -0.2) is 4.99 Å². The summed E-state index contributed by atoms with van der Waals surface area (Å²) < 4.78 is 0. The fourth-order valence-electron chi connectivity index (χ4n) is 3.54. The van der Waals surface area contributed by atoms with Crippen LogP contribution in [0, 0.1) is 0 Å². The molecule has 1 saturated carbocycles. The Morgan fingerprint density at radius 2 is 2.04 bits per heavy atom. The number of benzene rings is 1. The van der Waals surface area contributed by atoms with Crippen molar-refractivity contribution in [2.75, 3.05) is 4.90 Å². The first-order valence-corrected chi connectivity index (χ1v) is 8.82. The molecular formula is C17H23ClN6O. The molecule has 1 fully saturated rings. The van der Waals surface area contributed by atoms with Crippen molar-refractivity contribution in [1.82, 2.24) is 5.32 Å². The van der Waals surface area contributed by atoms with E-state index in [0.717, 1.165) is 36.9 Å². The number of carbonyl (C=O) groups is 1. The second kappa shape index (κ2) is 6.92. The monoisotopic (exact) mass is 362 g/mol. The van der Waals surface area contributed by atoms with Gasteiger partial charge in [-0.3, -0.25) is 9.69 Å². The maximum absolute atomic E-state index is 11.1. The molecule has 0 saturated heterocycles. The van der Waals surface area contributed by atoms with Gasteiger partial charge in [-0.15, -0.1) is 0 Å². The molecule has 134 valence electrons. The van der Waals surface area contributed by atoms with Crippen LogP contribution in [0.4, 0.5) is 5.69 Å². The van der Waals surface area contributed by atoms with Crippen LogP contribution in [0.15, 0.2) is 28.2 Å². The predicted octanol–water partition coefficient (Wildman–Crippen LogP) is 2.09. The molecular weight excluding hydrogens is 340 g/mol. The van der Waals surface area contributed by atoms with Crippen LogP contribution in [0.1, 0.15) is 44.6 Å². The van der Waals surface area contributed by atoms with Crippen molar-refractivity contribution in [2.45, 2.75) is 51.2 Å². The van der Waals surface area contributed by atoms with Gasteiger partial charge in [0, 0.05) is 13.5 Å². The molecule has 3 rings (SSSR count). The highest BCUT2D eigenvalue weighted by Gasteiger charge is 2.43. The maximum Gasteiger partial charge on any atom is 0.220 e. The molecule has 0 bridgehead atoms. The van der Waals surface area contributed by atoms with Crippen molar-refractivity contribution in [1.29, 1.82) is 0 Å². The summed E-state index contributed by atoms with van der Waals surface area (Å²) in [4.78, 5) is 21.8. The van der Waals surface area contributed by atoms with Crippen LogP contribution in [0.3, 0.4) is 0 Å². The van der Waals surface area contributed by atoms with Gasteiger partial charge in [-0.05, 0) is 43.4 Å². The minimum atomic E-state index is -0.517. The first-order valence-electron chi connectivity index (χ1n) is 8.44.